The van der Waals surface area contributed by atoms with Gasteiger partial charge in [0.1, 0.15) is 10.6 Å². The lowest BCUT2D eigenvalue weighted by Crippen LogP contribution is -2.22. The van der Waals surface area contributed by atoms with Crippen molar-refractivity contribution in [3.8, 4) is 5.75 Å². The zero-order chi connectivity index (χ0) is 20.8. The van der Waals surface area contributed by atoms with Gasteiger partial charge in [-0.1, -0.05) is 35.6 Å². The van der Waals surface area contributed by atoms with Crippen LogP contribution in [-0.2, 0) is 6.54 Å². The summed E-state index contributed by atoms with van der Waals surface area (Å²) in [5, 5.41) is 8.65. The largest absolute Gasteiger partial charge is 0.497 e. The summed E-state index contributed by atoms with van der Waals surface area (Å²) in [4.78, 5) is 29.4. The van der Waals surface area contributed by atoms with Gasteiger partial charge in [0.25, 0.3) is 5.91 Å². The third-order valence-corrected chi connectivity index (χ3v) is 5.16. The lowest BCUT2D eigenvalue weighted by Gasteiger charge is -2.06. The number of urea groups is 1. The Morgan fingerprint density at radius 3 is 2.62 bits per heavy atom. The third kappa shape index (κ3) is 5.55. The van der Waals surface area contributed by atoms with E-state index in [1.807, 2.05) is 49.4 Å². The minimum Gasteiger partial charge on any atom is -0.497 e. The van der Waals surface area contributed by atoms with Crippen LogP contribution in [0.15, 0.2) is 48.5 Å². The summed E-state index contributed by atoms with van der Waals surface area (Å²) in [6.07, 6.45) is 0. The van der Waals surface area contributed by atoms with Crippen molar-refractivity contribution in [2.24, 2.45) is 0 Å². The van der Waals surface area contributed by atoms with E-state index >= 15 is 0 Å². The monoisotopic (exact) mass is 410 g/mol. The highest BCUT2D eigenvalue weighted by Crippen LogP contribution is 2.23. The average Bonchev–Trinajstić information content (AvgIpc) is 3.06. The number of methoxy groups -OCH3 is 1. The van der Waals surface area contributed by atoms with E-state index in [4.69, 9.17) is 4.74 Å². The Hall–Kier alpha value is -3.39. The van der Waals surface area contributed by atoms with E-state index in [1.165, 1.54) is 0 Å². The molecule has 0 spiro atoms. The first kappa shape index (κ1) is 20.3. The van der Waals surface area contributed by atoms with Crippen LogP contribution >= 0.6 is 11.3 Å². The molecule has 1 heterocycles. The molecule has 0 aliphatic heterocycles. The molecule has 3 amide bonds. The van der Waals surface area contributed by atoms with Gasteiger partial charge < -0.3 is 15.4 Å². The number of nitrogens with zero attached hydrogens (tertiary/aromatic N) is 1. The SMILES string of the molecule is COc1cccc(CNC(=O)c2sc(NC(=O)Nc3cccc(C)c3)nc2C)c1. The van der Waals surface area contributed by atoms with Crippen molar-refractivity contribution < 1.29 is 14.3 Å². The number of aromatic nitrogens is 1. The first-order valence-electron chi connectivity index (χ1n) is 8.98. The van der Waals surface area contributed by atoms with Crippen molar-refractivity contribution in [2.45, 2.75) is 20.4 Å². The number of thiazole rings is 1. The molecule has 0 aliphatic carbocycles. The number of benzene rings is 2. The van der Waals surface area contributed by atoms with Crippen molar-refractivity contribution >= 4 is 34.1 Å². The van der Waals surface area contributed by atoms with Gasteiger partial charge in [0.05, 0.1) is 12.8 Å². The Bertz CT molecular complexity index is 1030. The van der Waals surface area contributed by atoms with Gasteiger partial charge in [0, 0.05) is 12.2 Å². The summed E-state index contributed by atoms with van der Waals surface area (Å²) >= 11 is 1.13. The van der Waals surface area contributed by atoms with Crippen LogP contribution in [0.1, 0.15) is 26.5 Å². The van der Waals surface area contributed by atoms with Gasteiger partial charge in [0.2, 0.25) is 0 Å². The lowest BCUT2D eigenvalue weighted by molar-refractivity contribution is 0.0954. The molecule has 0 fully saturated rings. The highest BCUT2D eigenvalue weighted by atomic mass is 32.1. The summed E-state index contributed by atoms with van der Waals surface area (Å²) in [6, 6.07) is 14.6. The molecule has 0 radical (unpaired) electrons. The number of hydrogen-bond acceptors (Lipinski definition) is 5. The summed E-state index contributed by atoms with van der Waals surface area (Å²) < 4.78 is 5.19. The molecule has 29 heavy (non-hydrogen) atoms. The molecule has 8 heteroatoms. The number of hydrogen-bond donors (Lipinski definition) is 3. The van der Waals surface area contributed by atoms with Gasteiger partial charge in [-0.05, 0) is 49.2 Å². The number of amides is 3. The molecule has 3 N–H and O–H groups in total. The van der Waals surface area contributed by atoms with Gasteiger partial charge in [-0.3, -0.25) is 10.1 Å². The van der Waals surface area contributed by atoms with E-state index in [9.17, 15) is 9.59 Å². The lowest BCUT2D eigenvalue weighted by atomic mass is 10.2. The zero-order valence-corrected chi connectivity index (χ0v) is 17.2. The number of carbonyl (C=O) groups is 2. The molecule has 0 saturated carbocycles. The predicted octanol–water partition coefficient (Wildman–Crippen LogP) is 4.34. The summed E-state index contributed by atoms with van der Waals surface area (Å²) in [5.74, 6) is 0.492. The number of aryl methyl sites for hydroxylation is 2. The topological polar surface area (TPSA) is 92.4 Å². The Kier molecular flexibility index (Phi) is 6.46. The first-order valence-corrected chi connectivity index (χ1v) is 9.79. The normalized spacial score (nSPS) is 10.3. The fourth-order valence-electron chi connectivity index (χ4n) is 2.69. The van der Waals surface area contributed by atoms with Crippen LogP contribution in [0, 0.1) is 13.8 Å². The van der Waals surface area contributed by atoms with Crippen LogP contribution in [0.5, 0.6) is 5.75 Å². The molecule has 3 aromatic rings. The molecular formula is C21H22N4O3S. The molecule has 0 atom stereocenters. The molecular weight excluding hydrogens is 388 g/mol. The van der Waals surface area contributed by atoms with Gasteiger partial charge in [-0.2, -0.15) is 0 Å². The average molecular weight is 410 g/mol. The highest BCUT2D eigenvalue weighted by Gasteiger charge is 2.16. The Balaban J connectivity index is 1.60. The van der Waals surface area contributed by atoms with Crippen molar-refractivity contribution in [3.05, 3.63) is 70.2 Å². The summed E-state index contributed by atoms with van der Waals surface area (Å²) in [7, 11) is 1.60. The molecule has 2 aromatic carbocycles. The Morgan fingerprint density at radius 2 is 1.86 bits per heavy atom. The van der Waals surface area contributed by atoms with Gasteiger partial charge in [0.15, 0.2) is 5.13 Å². The molecule has 0 bridgehead atoms. The minimum atomic E-state index is -0.410. The molecule has 150 valence electrons. The second-order valence-corrected chi connectivity index (χ2v) is 7.42. The van der Waals surface area contributed by atoms with E-state index in [-0.39, 0.29) is 5.91 Å². The van der Waals surface area contributed by atoms with E-state index in [1.54, 1.807) is 20.1 Å². The Morgan fingerprint density at radius 1 is 1.07 bits per heavy atom. The van der Waals surface area contributed by atoms with Crippen molar-refractivity contribution in [2.75, 3.05) is 17.7 Å². The third-order valence-electron chi connectivity index (χ3n) is 4.09. The van der Waals surface area contributed by atoms with E-state index in [0.29, 0.717) is 27.9 Å². The van der Waals surface area contributed by atoms with E-state index in [0.717, 1.165) is 28.2 Å². The number of carbonyl (C=O) groups excluding carboxylic acids is 2. The van der Waals surface area contributed by atoms with Crippen LogP contribution in [0.3, 0.4) is 0 Å². The zero-order valence-electron chi connectivity index (χ0n) is 16.4. The van der Waals surface area contributed by atoms with Crippen LogP contribution < -0.4 is 20.7 Å². The Labute approximate surface area is 173 Å². The fraction of sp³-hybridized carbons (Fsp3) is 0.190. The maximum atomic E-state index is 12.5. The molecule has 3 rings (SSSR count). The highest BCUT2D eigenvalue weighted by molar-refractivity contribution is 7.17. The molecule has 0 saturated heterocycles. The van der Waals surface area contributed by atoms with Crippen molar-refractivity contribution in [1.82, 2.24) is 10.3 Å². The second-order valence-electron chi connectivity index (χ2n) is 6.42. The molecule has 7 nitrogen and oxygen atoms in total. The first-order chi connectivity index (χ1) is 13.9. The van der Waals surface area contributed by atoms with Gasteiger partial charge in [-0.25, -0.2) is 9.78 Å². The quantitative estimate of drug-likeness (QED) is 0.564. The number of ether oxygens (including phenoxy) is 1. The number of anilines is 2. The number of nitrogens with one attached hydrogen (secondary N) is 3. The van der Waals surface area contributed by atoms with Crippen LogP contribution in [0.2, 0.25) is 0 Å². The maximum Gasteiger partial charge on any atom is 0.325 e. The van der Waals surface area contributed by atoms with E-state index < -0.39 is 6.03 Å². The van der Waals surface area contributed by atoms with Gasteiger partial charge in [-0.15, -0.1) is 0 Å². The fourth-order valence-corrected chi connectivity index (χ4v) is 3.57. The van der Waals surface area contributed by atoms with Crippen LogP contribution in [0.25, 0.3) is 0 Å². The van der Waals surface area contributed by atoms with Crippen LogP contribution in [-0.4, -0.2) is 24.0 Å². The summed E-state index contributed by atoms with van der Waals surface area (Å²) in [6.45, 7) is 4.05. The van der Waals surface area contributed by atoms with E-state index in [2.05, 4.69) is 20.9 Å². The van der Waals surface area contributed by atoms with Crippen LogP contribution in [0.4, 0.5) is 15.6 Å². The smallest absolute Gasteiger partial charge is 0.325 e. The minimum absolute atomic E-state index is 0.241. The standard InChI is InChI=1S/C21H22N4O3S/c1-13-6-4-8-16(10-13)24-20(27)25-21-23-14(2)18(29-21)19(26)22-12-15-7-5-9-17(11-15)28-3/h4-11H,12H2,1-3H3,(H,22,26)(H2,23,24,25,27). The molecule has 0 aliphatic rings. The van der Waals surface area contributed by atoms with Crippen molar-refractivity contribution in [3.63, 3.8) is 0 Å². The molecule has 1 aromatic heterocycles. The predicted molar refractivity (Wildman–Crippen MR) is 115 cm³/mol. The summed E-state index contributed by atoms with van der Waals surface area (Å²) in [5.41, 5.74) is 3.22. The van der Waals surface area contributed by atoms with Crippen molar-refractivity contribution in [1.29, 1.82) is 0 Å². The van der Waals surface area contributed by atoms with Gasteiger partial charge >= 0.3 is 6.03 Å². The molecule has 0 unspecified atom stereocenters. The maximum absolute atomic E-state index is 12.5. The second kappa shape index (κ2) is 9.20. The number of rotatable bonds is 6.